The molecule has 0 unspecified atom stereocenters. The average molecular weight is 251 g/mol. The summed E-state index contributed by atoms with van der Waals surface area (Å²) in [6.45, 7) is 0. The smallest absolute Gasteiger partial charge is 0.453 e. The van der Waals surface area contributed by atoms with E-state index >= 15 is 0 Å². The lowest BCUT2D eigenvalue weighted by Gasteiger charge is -2.33. The molecular formula is C13H8F3NO. The quantitative estimate of drug-likeness (QED) is 0.641. The summed E-state index contributed by atoms with van der Waals surface area (Å²) < 4.78 is 45.0. The first-order valence-electron chi connectivity index (χ1n) is 5.30. The minimum atomic E-state index is -4.49. The molecule has 0 amide bonds. The highest BCUT2D eigenvalue weighted by atomic mass is 19.4. The van der Waals surface area contributed by atoms with Crippen molar-refractivity contribution in [1.82, 2.24) is 0 Å². The van der Waals surface area contributed by atoms with Crippen molar-refractivity contribution in [2.24, 2.45) is 0 Å². The van der Waals surface area contributed by atoms with E-state index in [1.54, 1.807) is 24.3 Å². The van der Waals surface area contributed by atoms with Gasteiger partial charge < -0.3 is 4.74 Å². The van der Waals surface area contributed by atoms with Crippen molar-refractivity contribution in [3.63, 3.8) is 0 Å². The van der Waals surface area contributed by atoms with Gasteiger partial charge in [0.1, 0.15) is 0 Å². The predicted octanol–water partition coefficient (Wildman–Crippen LogP) is 4.45. The fourth-order valence-corrected chi connectivity index (χ4v) is 1.98. The summed E-state index contributed by atoms with van der Waals surface area (Å²) in [5.41, 5.74) is 0.00685. The van der Waals surface area contributed by atoms with Gasteiger partial charge in [0.15, 0.2) is 11.5 Å². The zero-order valence-electron chi connectivity index (χ0n) is 9.11. The van der Waals surface area contributed by atoms with Crippen molar-refractivity contribution < 1.29 is 17.9 Å². The van der Waals surface area contributed by atoms with E-state index in [0.717, 1.165) is 0 Å². The van der Waals surface area contributed by atoms with Crippen LogP contribution in [0.5, 0.6) is 11.5 Å². The van der Waals surface area contributed by atoms with Crippen LogP contribution in [0.2, 0.25) is 0 Å². The summed E-state index contributed by atoms with van der Waals surface area (Å²) in [6.07, 6.45) is -4.49. The number of anilines is 2. The standard InChI is InChI=1S/C13H8F3NO/c14-13(15,16)17-9-5-1-3-7-11(9)18-12-8-4-2-6-10(12)17/h1-8H. The summed E-state index contributed by atoms with van der Waals surface area (Å²) >= 11 is 0. The minimum absolute atomic E-state index is 0.00343. The highest BCUT2D eigenvalue weighted by Crippen LogP contribution is 2.50. The molecular weight excluding hydrogens is 243 g/mol. The Morgan fingerprint density at radius 2 is 1.22 bits per heavy atom. The van der Waals surface area contributed by atoms with Crippen molar-refractivity contribution in [3.8, 4) is 11.5 Å². The third-order valence-corrected chi connectivity index (χ3v) is 2.69. The Kier molecular flexibility index (Phi) is 2.23. The van der Waals surface area contributed by atoms with E-state index < -0.39 is 6.30 Å². The minimum Gasteiger partial charge on any atom is -0.453 e. The normalized spacial score (nSPS) is 13.6. The third-order valence-electron chi connectivity index (χ3n) is 2.69. The summed E-state index contributed by atoms with van der Waals surface area (Å²) in [5, 5.41) is 0. The number of hydrogen-bond donors (Lipinski definition) is 0. The van der Waals surface area contributed by atoms with Gasteiger partial charge in [-0.3, -0.25) is 0 Å². The molecule has 1 aliphatic heterocycles. The first-order chi connectivity index (χ1) is 8.57. The van der Waals surface area contributed by atoms with Crippen LogP contribution in [0.1, 0.15) is 0 Å². The van der Waals surface area contributed by atoms with E-state index in [1.807, 2.05) is 0 Å². The maximum atomic E-state index is 13.2. The topological polar surface area (TPSA) is 12.5 Å². The number of rotatable bonds is 0. The number of nitrogens with zero attached hydrogens (tertiary/aromatic N) is 1. The molecule has 0 saturated carbocycles. The largest absolute Gasteiger partial charge is 0.489 e. The summed E-state index contributed by atoms with van der Waals surface area (Å²) in [4.78, 5) is 0.334. The fraction of sp³-hybridized carbons (Fsp3) is 0.0769. The zero-order valence-corrected chi connectivity index (χ0v) is 9.11. The van der Waals surface area contributed by atoms with Gasteiger partial charge in [-0.2, -0.15) is 0 Å². The molecule has 0 aliphatic carbocycles. The maximum Gasteiger partial charge on any atom is 0.489 e. The fourth-order valence-electron chi connectivity index (χ4n) is 1.98. The van der Waals surface area contributed by atoms with Crippen LogP contribution < -0.4 is 9.64 Å². The average Bonchev–Trinajstić information content (AvgIpc) is 2.34. The van der Waals surface area contributed by atoms with Crippen LogP contribution in [0.25, 0.3) is 0 Å². The maximum absolute atomic E-state index is 13.2. The van der Waals surface area contributed by atoms with Crippen molar-refractivity contribution in [2.45, 2.75) is 6.30 Å². The Labute approximate surface area is 101 Å². The van der Waals surface area contributed by atoms with E-state index in [2.05, 4.69) is 0 Å². The van der Waals surface area contributed by atoms with Gasteiger partial charge in [0.25, 0.3) is 0 Å². The summed E-state index contributed by atoms with van der Waals surface area (Å²) in [7, 11) is 0. The van der Waals surface area contributed by atoms with Gasteiger partial charge in [0, 0.05) is 0 Å². The number of hydrogen-bond acceptors (Lipinski definition) is 2. The van der Waals surface area contributed by atoms with E-state index in [-0.39, 0.29) is 22.9 Å². The lowest BCUT2D eigenvalue weighted by molar-refractivity contribution is -0.121. The first kappa shape index (κ1) is 11.0. The molecule has 0 saturated heterocycles. The van der Waals surface area contributed by atoms with Crippen molar-refractivity contribution >= 4 is 11.4 Å². The van der Waals surface area contributed by atoms with Gasteiger partial charge in [0.05, 0.1) is 11.4 Å². The highest BCUT2D eigenvalue weighted by molar-refractivity contribution is 5.78. The van der Waals surface area contributed by atoms with Crippen LogP contribution in [0.3, 0.4) is 0 Å². The number of alkyl halides is 3. The summed E-state index contributed by atoms with van der Waals surface area (Å²) in [6, 6.07) is 12.2. The molecule has 2 aromatic rings. The molecule has 1 heterocycles. The number of halogens is 3. The van der Waals surface area contributed by atoms with Gasteiger partial charge >= 0.3 is 6.30 Å². The number of benzene rings is 2. The Morgan fingerprint density at radius 3 is 1.67 bits per heavy atom. The van der Waals surface area contributed by atoms with Gasteiger partial charge in [-0.1, -0.05) is 24.3 Å². The van der Waals surface area contributed by atoms with Crippen molar-refractivity contribution in [3.05, 3.63) is 48.5 Å². The van der Waals surface area contributed by atoms with Crippen LogP contribution in [0.15, 0.2) is 48.5 Å². The molecule has 1 aliphatic rings. The Morgan fingerprint density at radius 1 is 0.778 bits per heavy atom. The third kappa shape index (κ3) is 1.59. The van der Waals surface area contributed by atoms with E-state index in [9.17, 15) is 13.2 Å². The van der Waals surface area contributed by atoms with E-state index in [1.165, 1.54) is 24.3 Å². The Hall–Kier alpha value is -2.17. The molecule has 0 spiro atoms. The Bertz CT molecular complexity index is 549. The van der Waals surface area contributed by atoms with E-state index in [4.69, 9.17) is 4.74 Å². The second kappa shape index (κ2) is 3.66. The van der Waals surface area contributed by atoms with Crippen LogP contribution in [0, 0.1) is 0 Å². The van der Waals surface area contributed by atoms with Crippen molar-refractivity contribution in [1.29, 1.82) is 0 Å². The zero-order chi connectivity index (χ0) is 12.8. The molecule has 0 fully saturated rings. The number of ether oxygens (including phenoxy) is 1. The van der Waals surface area contributed by atoms with Crippen LogP contribution in [-0.4, -0.2) is 6.30 Å². The molecule has 5 heteroatoms. The molecule has 0 radical (unpaired) electrons. The second-order valence-electron chi connectivity index (χ2n) is 3.84. The van der Waals surface area contributed by atoms with Gasteiger partial charge in [-0.25, -0.2) is 4.90 Å². The summed E-state index contributed by atoms with van der Waals surface area (Å²) in [5.74, 6) is 0.405. The molecule has 0 N–H and O–H groups in total. The lowest BCUT2D eigenvalue weighted by atomic mass is 10.2. The highest BCUT2D eigenvalue weighted by Gasteiger charge is 2.43. The number of fused-ring (bicyclic) bond motifs is 2. The van der Waals surface area contributed by atoms with Gasteiger partial charge in [-0.15, -0.1) is 13.2 Å². The predicted molar refractivity (Wildman–Crippen MR) is 61.2 cm³/mol. The molecule has 3 rings (SSSR count). The molecule has 2 nitrogen and oxygen atoms in total. The molecule has 2 aromatic carbocycles. The second-order valence-corrected chi connectivity index (χ2v) is 3.84. The number of para-hydroxylation sites is 4. The van der Waals surface area contributed by atoms with Crippen molar-refractivity contribution in [2.75, 3.05) is 4.90 Å². The molecule has 0 aromatic heterocycles. The van der Waals surface area contributed by atoms with Crippen LogP contribution in [0.4, 0.5) is 24.5 Å². The SMILES string of the molecule is FC(F)(F)N1c2ccccc2Oc2ccccc21. The Balaban J connectivity index is 2.24. The molecule has 18 heavy (non-hydrogen) atoms. The molecule has 0 bridgehead atoms. The first-order valence-corrected chi connectivity index (χ1v) is 5.30. The van der Waals surface area contributed by atoms with E-state index in [0.29, 0.717) is 4.90 Å². The lowest BCUT2D eigenvalue weighted by Crippen LogP contribution is -2.35. The molecule has 92 valence electrons. The van der Waals surface area contributed by atoms with Gasteiger partial charge in [-0.05, 0) is 24.3 Å². The van der Waals surface area contributed by atoms with Crippen LogP contribution >= 0.6 is 0 Å². The van der Waals surface area contributed by atoms with Gasteiger partial charge in [0.2, 0.25) is 0 Å². The monoisotopic (exact) mass is 251 g/mol. The molecule has 0 atom stereocenters. The van der Waals surface area contributed by atoms with Crippen LogP contribution in [-0.2, 0) is 0 Å².